The zero-order chi connectivity index (χ0) is 24.7. The van der Waals surface area contributed by atoms with Crippen molar-refractivity contribution in [3.05, 3.63) is 70.9 Å². The normalized spacial score (nSPS) is 33.3. The number of aliphatic hydroxyl groups is 1. The van der Waals surface area contributed by atoms with Crippen LogP contribution in [0.4, 0.5) is 0 Å². The van der Waals surface area contributed by atoms with Gasteiger partial charge in [-0.05, 0) is 55.3 Å². The number of rotatable bonds is 6. The van der Waals surface area contributed by atoms with Gasteiger partial charge < -0.3 is 19.5 Å². The molecule has 3 fully saturated rings. The summed E-state index contributed by atoms with van der Waals surface area (Å²) >= 11 is 0. The standard InChI is InChI=1S/C30H34N2O4/c1-31(2)17-22-15-30(34)24-14-21-10-11-23(35-18-20-6-4-3-5-7-20)27-25(21)29(30,28(36-27)26(22)33)12-13-32(24)16-19-8-9-19/h3-7,10-11,17,19,24,28,34H,8-9,12-16,18H2,1-2H3/t24-,28+,29+,30?/m1/s1. The zero-order valence-electron chi connectivity index (χ0n) is 21.1. The number of ketones is 1. The zero-order valence-corrected chi connectivity index (χ0v) is 21.1. The summed E-state index contributed by atoms with van der Waals surface area (Å²) in [4.78, 5) is 18.3. The molecule has 188 valence electrons. The van der Waals surface area contributed by atoms with E-state index in [1.807, 2.05) is 61.6 Å². The van der Waals surface area contributed by atoms with Gasteiger partial charge in [-0.3, -0.25) is 9.69 Å². The van der Waals surface area contributed by atoms with Crippen molar-refractivity contribution in [1.29, 1.82) is 0 Å². The Balaban J connectivity index is 1.35. The molecule has 0 amide bonds. The molecule has 2 aliphatic heterocycles. The van der Waals surface area contributed by atoms with Gasteiger partial charge in [0.15, 0.2) is 17.6 Å². The number of nitrogens with zero attached hydrogens (tertiary/aromatic N) is 2. The minimum atomic E-state index is -1.06. The molecule has 6 nitrogen and oxygen atoms in total. The summed E-state index contributed by atoms with van der Waals surface area (Å²) in [5, 5.41) is 12.7. The van der Waals surface area contributed by atoms with Crippen molar-refractivity contribution in [3.8, 4) is 11.5 Å². The van der Waals surface area contributed by atoms with E-state index in [1.54, 1.807) is 0 Å². The molecule has 7 rings (SSSR count). The maximum atomic E-state index is 13.9. The van der Waals surface area contributed by atoms with Crippen LogP contribution < -0.4 is 9.47 Å². The molecule has 2 saturated carbocycles. The van der Waals surface area contributed by atoms with Crippen LogP contribution in [-0.4, -0.2) is 65.6 Å². The topological polar surface area (TPSA) is 62.2 Å². The molecule has 1 saturated heterocycles. The Bertz CT molecular complexity index is 1250. The third kappa shape index (κ3) is 3.07. The number of Topliss-reactive ketones (excluding diaryl/α,β-unsaturated/α-hetero) is 1. The summed E-state index contributed by atoms with van der Waals surface area (Å²) < 4.78 is 12.9. The molecule has 1 N–H and O–H groups in total. The molecule has 0 aromatic heterocycles. The molecule has 4 atom stereocenters. The Morgan fingerprint density at radius 2 is 2.00 bits per heavy atom. The molecule has 36 heavy (non-hydrogen) atoms. The lowest BCUT2D eigenvalue weighted by Crippen LogP contribution is -2.77. The monoisotopic (exact) mass is 486 g/mol. The highest BCUT2D eigenvalue weighted by atomic mass is 16.5. The summed E-state index contributed by atoms with van der Waals surface area (Å²) in [5.74, 6) is 2.07. The van der Waals surface area contributed by atoms with Crippen molar-refractivity contribution in [2.24, 2.45) is 5.92 Å². The number of benzene rings is 2. The van der Waals surface area contributed by atoms with Crippen LogP contribution in [0.15, 0.2) is 54.2 Å². The van der Waals surface area contributed by atoms with Crippen LogP contribution in [-0.2, 0) is 23.2 Å². The minimum Gasteiger partial charge on any atom is -0.485 e. The molecule has 0 radical (unpaired) electrons. The second kappa shape index (κ2) is 7.83. The number of hydrogen-bond acceptors (Lipinski definition) is 6. The number of ether oxygens (including phenoxy) is 2. The van der Waals surface area contributed by atoms with Crippen LogP contribution in [0.25, 0.3) is 0 Å². The van der Waals surface area contributed by atoms with Gasteiger partial charge in [0.05, 0.1) is 11.0 Å². The highest BCUT2D eigenvalue weighted by molar-refractivity contribution is 6.03. The fourth-order valence-corrected chi connectivity index (χ4v) is 7.45. The smallest absolute Gasteiger partial charge is 0.201 e. The maximum absolute atomic E-state index is 13.9. The minimum absolute atomic E-state index is 0.000766. The van der Waals surface area contributed by atoms with Crippen LogP contribution in [0.3, 0.4) is 0 Å². The highest BCUT2D eigenvalue weighted by Gasteiger charge is 2.74. The molecule has 1 spiro atoms. The first-order valence-electron chi connectivity index (χ1n) is 13.3. The van der Waals surface area contributed by atoms with E-state index in [0.717, 1.165) is 43.0 Å². The van der Waals surface area contributed by atoms with E-state index >= 15 is 0 Å². The predicted molar refractivity (Wildman–Crippen MR) is 136 cm³/mol. The number of hydrogen-bond donors (Lipinski definition) is 1. The third-order valence-electron chi connectivity index (χ3n) is 9.16. The van der Waals surface area contributed by atoms with Gasteiger partial charge in [0.25, 0.3) is 0 Å². The third-order valence-corrected chi connectivity index (χ3v) is 9.16. The Hall–Kier alpha value is -2.83. The second-order valence-electron chi connectivity index (χ2n) is 11.7. The number of carbonyl (C=O) groups excluding carboxylic acids is 1. The Labute approximate surface area is 212 Å². The van der Waals surface area contributed by atoms with E-state index in [0.29, 0.717) is 30.1 Å². The van der Waals surface area contributed by atoms with E-state index in [1.165, 1.54) is 18.4 Å². The van der Waals surface area contributed by atoms with Crippen LogP contribution in [0.2, 0.25) is 0 Å². The SMILES string of the molecule is CN(C)C=C1CC2(O)[C@H]3Cc4ccc(OCc5ccccc5)c5c4[C@@]2(CCN3CC2CC2)[C@@H](O5)C1=O. The van der Waals surface area contributed by atoms with Crippen molar-refractivity contribution in [2.45, 2.75) is 61.9 Å². The summed E-state index contributed by atoms with van der Waals surface area (Å²) in [5.41, 5.74) is 2.17. The van der Waals surface area contributed by atoms with Gasteiger partial charge in [0, 0.05) is 50.4 Å². The first-order chi connectivity index (χ1) is 17.4. The van der Waals surface area contributed by atoms with Gasteiger partial charge in [-0.1, -0.05) is 36.4 Å². The average Bonchev–Trinajstić information content (AvgIpc) is 3.60. The van der Waals surface area contributed by atoms with Gasteiger partial charge in [0.1, 0.15) is 6.61 Å². The fraction of sp³-hybridized carbons (Fsp3) is 0.500. The van der Waals surface area contributed by atoms with Crippen molar-refractivity contribution >= 4 is 5.78 Å². The van der Waals surface area contributed by atoms with Gasteiger partial charge >= 0.3 is 0 Å². The van der Waals surface area contributed by atoms with Crippen LogP contribution in [0, 0.1) is 5.92 Å². The fourth-order valence-electron chi connectivity index (χ4n) is 7.45. The Kier molecular flexibility index (Phi) is 4.87. The molecule has 2 aromatic rings. The summed E-state index contributed by atoms with van der Waals surface area (Å²) in [6, 6.07) is 14.2. The largest absolute Gasteiger partial charge is 0.485 e. The highest BCUT2D eigenvalue weighted by Crippen LogP contribution is 2.65. The van der Waals surface area contributed by atoms with Crippen LogP contribution >= 0.6 is 0 Å². The molecule has 2 aromatic carbocycles. The first kappa shape index (κ1) is 22.4. The molecular formula is C30H34N2O4. The number of likely N-dealkylation sites (tertiary alicyclic amines) is 1. The lowest BCUT2D eigenvalue weighted by molar-refractivity contribution is -0.180. The van der Waals surface area contributed by atoms with E-state index in [-0.39, 0.29) is 11.8 Å². The van der Waals surface area contributed by atoms with Gasteiger partial charge in [-0.2, -0.15) is 0 Å². The molecule has 1 unspecified atom stereocenters. The van der Waals surface area contributed by atoms with E-state index in [2.05, 4.69) is 11.0 Å². The Morgan fingerprint density at radius 1 is 1.19 bits per heavy atom. The molecular weight excluding hydrogens is 452 g/mol. The first-order valence-corrected chi connectivity index (χ1v) is 13.3. The summed E-state index contributed by atoms with van der Waals surface area (Å²) in [6.07, 6.45) is 5.58. The van der Waals surface area contributed by atoms with Crippen molar-refractivity contribution < 1.29 is 19.4 Å². The lowest BCUT2D eigenvalue weighted by atomic mass is 9.48. The predicted octanol–water partition coefficient (Wildman–Crippen LogP) is 3.45. The van der Waals surface area contributed by atoms with Crippen molar-refractivity contribution in [3.63, 3.8) is 0 Å². The summed E-state index contributed by atoms with van der Waals surface area (Å²) in [6.45, 7) is 2.35. The van der Waals surface area contributed by atoms with E-state index < -0.39 is 17.1 Å². The molecule has 5 aliphatic rings. The molecule has 3 aliphatic carbocycles. The number of piperidine rings is 1. The summed E-state index contributed by atoms with van der Waals surface area (Å²) in [7, 11) is 3.85. The molecule has 2 heterocycles. The lowest BCUT2D eigenvalue weighted by Gasteiger charge is -2.62. The maximum Gasteiger partial charge on any atom is 0.201 e. The van der Waals surface area contributed by atoms with Crippen molar-refractivity contribution in [1.82, 2.24) is 9.80 Å². The Morgan fingerprint density at radius 3 is 2.75 bits per heavy atom. The second-order valence-corrected chi connectivity index (χ2v) is 11.7. The quantitative estimate of drug-likeness (QED) is 0.631. The van der Waals surface area contributed by atoms with Crippen molar-refractivity contribution in [2.75, 3.05) is 27.2 Å². The average molecular weight is 487 g/mol. The van der Waals surface area contributed by atoms with Crippen LogP contribution in [0.1, 0.15) is 42.4 Å². The van der Waals surface area contributed by atoms with E-state index in [9.17, 15) is 9.90 Å². The van der Waals surface area contributed by atoms with E-state index in [4.69, 9.17) is 9.47 Å². The van der Waals surface area contributed by atoms with Gasteiger partial charge in [0.2, 0.25) is 5.78 Å². The van der Waals surface area contributed by atoms with Crippen LogP contribution in [0.5, 0.6) is 11.5 Å². The van der Waals surface area contributed by atoms with Gasteiger partial charge in [-0.15, -0.1) is 0 Å². The molecule has 6 heteroatoms. The molecule has 2 bridgehead atoms. The van der Waals surface area contributed by atoms with Gasteiger partial charge in [-0.25, -0.2) is 0 Å². The number of carbonyl (C=O) groups is 1.